The highest BCUT2D eigenvalue weighted by molar-refractivity contribution is 5.84. The molecule has 0 radical (unpaired) electrons. The van der Waals surface area contributed by atoms with Crippen LogP contribution in [0.4, 0.5) is 0 Å². The molecular formula is C12H23NO3. The summed E-state index contributed by atoms with van der Waals surface area (Å²) in [6, 6.07) is 0.358. The van der Waals surface area contributed by atoms with E-state index in [1.807, 2.05) is 6.92 Å². The predicted octanol–water partition coefficient (Wildman–Crippen LogP) is 1.63. The highest BCUT2D eigenvalue weighted by atomic mass is 16.5. The van der Waals surface area contributed by atoms with Gasteiger partial charge in [0, 0.05) is 12.5 Å². The third-order valence-electron chi connectivity index (χ3n) is 2.43. The lowest BCUT2D eigenvalue weighted by molar-refractivity contribution is -0.144. The van der Waals surface area contributed by atoms with Gasteiger partial charge in [-0.2, -0.15) is 0 Å². The maximum absolute atomic E-state index is 11.6. The van der Waals surface area contributed by atoms with E-state index in [1.165, 1.54) is 0 Å². The molecule has 16 heavy (non-hydrogen) atoms. The summed E-state index contributed by atoms with van der Waals surface area (Å²) in [5, 5.41) is 0. The third-order valence-corrected chi connectivity index (χ3v) is 2.43. The Morgan fingerprint density at radius 2 is 1.81 bits per heavy atom. The highest BCUT2D eigenvalue weighted by Crippen LogP contribution is 2.01. The van der Waals surface area contributed by atoms with E-state index in [9.17, 15) is 9.59 Å². The van der Waals surface area contributed by atoms with E-state index in [4.69, 9.17) is 4.74 Å². The number of ketones is 1. The Bertz CT molecular complexity index is 226. The first kappa shape index (κ1) is 15.1. The lowest BCUT2D eigenvalue weighted by atomic mass is 10.2. The molecule has 0 aliphatic rings. The van der Waals surface area contributed by atoms with Gasteiger partial charge in [-0.05, 0) is 27.3 Å². The lowest BCUT2D eigenvalue weighted by Gasteiger charge is -2.23. The van der Waals surface area contributed by atoms with E-state index in [1.54, 1.807) is 6.92 Å². The monoisotopic (exact) mass is 229 g/mol. The summed E-state index contributed by atoms with van der Waals surface area (Å²) >= 11 is 0. The normalized spacial score (nSPS) is 10.9. The second-order valence-electron chi connectivity index (χ2n) is 4.00. The van der Waals surface area contributed by atoms with Crippen LogP contribution < -0.4 is 0 Å². The predicted molar refractivity (Wildman–Crippen MR) is 63.3 cm³/mol. The van der Waals surface area contributed by atoms with Crippen LogP contribution in [0.15, 0.2) is 0 Å². The number of esters is 1. The van der Waals surface area contributed by atoms with Crippen LogP contribution in [0.25, 0.3) is 0 Å². The van der Waals surface area contributed by atoms with Crippen LogP contribution in [0.1, 0.15) is 40.5 Å². The van der Waals surface area contributed by atoms with Crippen molar-refractivity contribution in [2.45, 2.75) is 46.6 Å². The number of nitrogens with zero attached hydrogens (tertiary/aromatic N) is 1. The van der Waals surface area contributed by atoms with Gasteiger partial charge < -0.3 is 4.74 Å². The van der Waals surface area contributed by atoms with Crippen molar-refractivity contribution >= 4 is 11.8 Å². The molecule has 0 aromatic heterocycles. The minimum Gasteiger partial charge on any atom is -0.466 e. The molecule has 0 heterocycles. The van der Waals surface area contributed by atoms with E-state index in [2.05, 4.69) is 18.7 Å². The maximum Gasteiger partial charge on any atom is 0.306 e. The Morgan fingerprint density at radius 3 is 2.25 bits per heavy atom. The van der Waals surface area contributed by atoms with E-state index in [0.29, 0.717) is 19.2 Å². The molecule has 0 rings (SSSR count). The largest absolute Gasteiger partial charge is 0.466 e. The van der Waals surface area contributed by atoms with Crippen molar-refractivity contribution in [2.24, 2.45) is 0 Å². The number of carbonyl (C=O) groups excluding carboxylic acids is 2. The van der Waals surface area contributed by atoms with E-state index in [0.717, 1.165) is 6.54 Å². The van der Waals surface area contributed by atoms with Crippen LogP contribution in [0.5, 0.6) is 0 Å². The van der Waals surface area contributed by atoms with Gasteiger partial charge in [-0.1, -0.05) is 6.92 Å². The smallest absolute Gasteiger partial charge is 0.306 e. The van der Waals surface area contributed by atoms with Crippen LogP contribution >= 0.6 is 0 Å². The molecule has 0 amide bonds. The summed E-state index contributed by atoms with van der Waals surface area (Å²) in [6.45, 7) is 9.55. The summed E-state index contributed by atoms with van der Waals surface area (Å²) in [7, 11) is 0. The van der Waals surface area contributed by atoms with Gasteiger partial charge in [-0.15, -0.1) is 0 Å². The van der Waals surface area contributed by atoms with Gasteiger partial charge in [0.25, 0.3) is 0 Å². The zero-order chi connectivity index (χ0) is 12.6. The molecule has 0 aliphatic carbocycles. The molecule has 0 saturated carbocycles. The van der Waals surface area contributed by atoms with Crippen molar-refractivity contribution in [1.82, 2.24) is 4.90 Å². The van der Waals surface area contributed by atoms with E-state index in [-0.39, 0.29) is 24.6 Å². The molecule has 0 aliphatic heterocycles. The standard InChI is InChI=1S/C12H23NO3/c1-5-13(10(3)4)9-11(14)7-8-12(15)16-6-2/h10H,5-9H2,1-4H3. The fraction of sp³-hybridized carbons (Fsp3) is 0.833. The summed E-state index contributed by atoms with van der Waals surface area (Å²) in [4.78, 5) is 24.7. The van der Waals surface area contributed by atoms with Crippen molar-refractivity contribution < 1.29 is 14.3 Å². The van der Waals surface area contributed by atoms with Gasteiger partial charge >= 0.3 is 5.97 Å². The first-order chi connectivity index (χ1) is 7.51. The first-order valence-corrected chi connectivity index (χ1v) is 5.92. The molecule has 0 spiro atoms. The van der Waals surface area contributed by atoms with Gasteiger partial charge in [0.15, 0.2) is 0 Å². The number of rotatable bonds is 8. The zero-order valence-electron chi connectivity index (χ0n) is 10.8. The molecule has 0 unspecified atom stereocenters. The highest BCUT2D eigenvalue weighted by Gasteiger charge is 2.13. The Hall–Kier alpha value is -0.900. The number of carbonyl (C=O) groups is 2. The molecule has 0 aromatic rings. The number of ether oxygens (including phenoxy) is 1. The van der Waals surface area contributed by atoms with Crippen molar-refractivity contribution in [3.63, 3.8) is 0 Å². The zero-order valence-corrected chi connectivity index (χ0v) is 10.8. The van der Waals surface area contributed by atoms with Gasteiger partial charge in [-0.3, -0.25) is 14.5 Å². The molecule has 0 N–H and O–H groups in total. The van der Waals surface area contributed by atoms with E-state index >= 15 is 0 Å². The fourth-order valence-corrected chi connectivity index (χ4v) is 1.44. The van der Waals surface area contributed by atoms with E-state index < -0.39 is 0 Å². The number of hydrogen-bond acceptors (Lipinski definition) is 4. The van der Waals surface area contributed by atoms with Crippen LogP contribution in [-0.2, 0) is 14.3 Å². The van der Waals surface area contributed by atoms with Crippen LogP contribution in [0.3, 0.4) is 0 Å². The Balaban J connectivity index is 3.85. The topological polar surface area (TPSA) is 46.6 Å². The van der Waals surface area contributed by atoms with Crippen molar-refractivity contribution in [2.75, 3.05) is 19.7 Å². The summed E-state index contributed by atoms with van der Waals surface area (Å²) < 4.78 is 4.77. The average Bonchev–Trinajstić information content (AvgIpc) is 2.23. The summed E-state index contributed by atoms with van der Waals surface area (Å²) in [5.41, 5.74) is 0. The molecule has 4 heteroatoms. The number of Topliss-reactive ketones (excluding diaryl/α,β-unsaturated/α-hetero) is 1. The Morgan fingerprint density at radius 1 is 1.19 bits per heavy atom. The quantitative estimate of drug-likeness (QED) is 0.593. The lowest BCUT2D eigenvalue weighted by Crippen LogP contribution is -2.35. The second kappa shape index (κ2) is 8.28. The molecule has 0 atom stereocenters. The van der Waals surface area contributed by atoms with Gasteiger partial charge in [0.1, 0.15) is 5.78 Å². The minimum atomic E-state index is -0.288. The van der Waals surface area contributed by atoms with Crippen LogP contribution in [0, 0.1) is 0 Å². The third kappa shape index (κ3) is 6.56. The molecule has 4 nitrogen and oxygen atoms in total. The fourth-order valence-electron chi connectivity index (χ4n) is 1.44. The maximum atomic E-state index is 11.6. The van der Waals surface area contributed by atoms with Crippen molar-refractivity contribution in [3.05, 3.63) is 0 Å². The number of likely N-dealkylation sites (N-methyl/N-ethyl adjacent to an activating group) is 1. The molecular weight excluding hydrogens is 206 g/mol. The SMILES string of the molecule is CCOC(=O)CCC(=O)CN(CC)C(C)C. The van der Waals surface area contributed by atoms with Gasteiger partial charge in [0.05, 0.1) is 19.6 Å². The Labute approximate surface area is 98.0 Å². The first-order valence-electron chi connectivity index (χ1n) is 5.92. The van der Waals surface area contributed by atoms with Crippen molar-refractivity contribution in [3.8, 4) is 0 Å². The molecule has 94 valence electrons. The van der Waals surface area contributed by atoms with Gasteiger partial charge in [-0.25, -0.2) is 0 Å². The molecule has 0 aromatic carbocycles. The van der Waals surface area contributed by atoms with Crippen LogP contribution in [0.2, 0.25) is 0 Å². The Kier molecular flexibility index (Phi) is 7.81. The molecule has 0 bridgehead atoms. The summed E-state index contributed by atoms with van der Waals surface area (Å²) in [5.74, 6) is -0.188. The van der Waals surface area contributed by atoms with Gasteiger partial charge in [0.2, 0.25) is 0 Å². The number of hydrogen-bond donors (Lipinski definition) is 0. The van der Waals surface area contributed by atoms with Crippen LogP contribution in [-0.4, -0.2) is 42.4 Å². The molecule has 0 saturated heterocycles. The minimum absolute atomic E-state index is 0.101. The average molecular weight is 229 g/mol. The van der Waals surface area contributed by atoms with Crippen molar-refractivity contribution in [1.29, 1.82) is 0 Å². The second-order valence-corrected chi connectivity index (χ2v) is 4.00. The summed E-state index contributed by atoms with van der Waals surface area (Å²) in [6.07, 6.45) is 0.477. The molecule has 0 fully saturated rings.